The van der Waals surface area contributed by atoms with Gasteiger partial charge < -0.3 is 10.1 Å². The van der Waals surface area contributed by atoms with E-state index in [1.807, 2.05) is 0 Å². The van der Waals surface area contributed by atoms with Crippen molar-refractivity contribution in [2.45, 2.75) is 20.3 Å². The SMILES string of the molecule is CC(C)COc1cccc(F)c1C1=NCCCN1. The van der Waals surface area contributed by atoms with Gasteiger partial charge in [-0.1, -0.05) is 19.9 Å². The molecule has 2 rings (SSSR count). The first-order valence-electron chi connectivity index (χ1n) is 6.38. The summed E-state index contributed by atoms with van der Waals surface area (Å²) in [7, 11) is 0. The minimum atomic E-state index is -0.288. The van der Waals surface area contributed by atoms with Gasteiger partial charge in [0.05, 0.1) is 12.2 Å². The van der Waals surface area contributed by atoms with E-state index in [1.165, 1.54) is 6.07 Å². The van der Waals surface area contributed by atoms with Crippen molar-refractivity contribution in [2.75, 3.05) is 19.7 Å². The summed E-state index contributed by atoms with van der Waals surface area (Å²) in [5.74, 6) is 1.29. The van der Waals surface area contributed by atoms with Crippen LogP contribution in [0.2, 0.25) is 0 Å². The average Bonchev–Trinajstić information content (AvgIpc) is 2.37. The average molecular weight is 250 g/mol. The van der Waals surface area contributed by atoms with Gasteiger partial charge in [0.1, 0.15) is 17.4 Å². The fourth-order valence-corrected chi connectivity index (χ4v) is 1.81. The van der Waals surface area contributed by atoms with Crippen LogP contribution in [-0.4, -0.2) is 25.5 Å². The third kappa shape index (κ3) is 3.00. The number of rotatable bonds is 4. The Bertz CT molecular complexity index is 443. The lowest BCUT2D eigenvalue weighted by atomic mass is 10.1. The smallest absolute Gasteiger partial charge is 0.137 e. The van der Waals surface area contributed by atoms with Crippen molar-refractivity contribution in [2.24, 2.45) is 10.9 Å². The molecule has 0 aliphatic carbocycles. The van der Waals surface area contributed by atoms with Crippen molar-refractivity contribution >= 4 is 5.84 Å². The summed E-state index contributed by atoms with van der Waals surface area (Å²) in [6.07, 6.45) is 0.986. The first kappa shape index (κ1) is 12.9. The largest absolute Gasteiger partial charge is 0.492 e. The van der Waals surface area contributed by atoms with Crippen molar-refractivity contribution in [3.05, 3.63) is 29.6 Å². The minimum Gasteiger partial charge on any atom is -0.492 e. The van der Waals surface area contributed by atoms with Gasteiger partial charge in [0.15, 0.2) is 0 Å². The Labute approximate surface area is 107 Å². The lowest BCUT2D eigenvalue weighted by Crippen LogP contribution is -2.31. The molecule has 98 valence electrons. The van der Waals surface area contributed by atoms with Crippen LogP contribution in [0, 0.1) is 11.7 Å². The predicted octanol–water partition coefficient (Wildman–Crippen LogP) is 2.60. The first-order chi connectivity index (χ1) is 8.68. The quantitative estimate of drug-likeness (QED) is 0.891. The van der Waals surface area contributed by atoms with Gasteiger partial charge in [0, 0.05) is 13.1 Å². The fourth-order valence-electron chi connectivity index (χ4n) is 1.81. The number of aliphatic imine (C=N–C) groups is 1. The summed E-state index contributed by atoms with van der Waals surface area (Å²) in [4.78, 5) is 4.33. The molecule has 3 nitrogen and oxygen atoms in total. The highest BCUT2D eigenvalue weighted by molar-refractivity contribution is 6.01. The number of nitrogens with one attached hydrogen (secondary N) is 1. The van der Waals surface area contributed by atoms with Gasteiger partial charge in [-0.2, -0.15) is 0 Å². The molecule has 0 unspecified atom stereocenters. The Balaban J connectivity index is 2.28. The molecule has 1 N–H and O–H groups in total. The van der Waals surface area contributed by atoms with Crippen LogP contribution in [0.4, 0.5) is 4.39 Å². The summed E-state index contributed by atoms with van der Waals surface area (Å²) >= 11 is 0. The van der Waals surface area contributed by atoms with Crippen molar-refractivity contribution < 1.29 is 9.13 Å². The number of nitrogens with zero attached hydrogens (tertiary/aromatic N) is 1. The van der Waals surface area contributed by atoms with Crippen LogP contribution in [-0.2, 0) is 0 Å². The lowest BCUT2D eigenvalue weighted by molar-refractivity contribution is 0.269. The molecule has 1 aromatic carbocycles. The van der Waals surface area contributed by atoms with Crippen LogP contribution in [0.5, 0.6) is 5.75 Å². The molecule has 4 heteroatoms. The Hall–Kier alpha value is -1.58. The molecule has 0 bridgehead atoms. The molecule has 0 saturated carbocycles. The van der Waals surface area contributed by atoms with Crippen molar-refractivity contribution in [1.29, 1.82) is 0 Å². The van der Waals surface area contributed by atoms with Gasteiger partial charge in [-0.15, -0.1) is 0 Å². The second-order valence-corrected chi connectivity index (χ2v) is 4.83. The predicted molar refractivity (Wildman–Crippen MR) is 70.8 cm³/mol. The summed E-state index contributed by atoms with van der Waals surface area (Å²) in [5.41, 5.74) is 0.456. The van der Waals surface area contributed by atoms with Gasteiger partial charge in [0.25, 0.3) is 0 Å². The normalized spacial score (nSPS) is 15.2. The Morgan fingerprint density at radius 2 is 2.28 bits per heavy atom. The molecule has 1 aliphatic rings. The highest BCUT2D eigenvalue weighted by atomic mass is 19.1. The van der Waals surface area contributed by atoms with E-state index in [2.05, 4.69) is 24.2 Å². The van der Waals surface area contributed by atoms with Crippen LogP contribution in [0.3, 0.4) is 0 Å². The number of benzene rings is 1. The number of amidine groups is 1. The molecule has 0 saturated heterocycles. The van der Waals surface area contributed by atoms with Crippen LogP contribution >= 0.6 is 0 Å². The molecular formula is C14H19FN2O. The zero-order chi connectivity index (χ0) is 13.0. The Kier molecular flexibility index (Phi) is 4.18. The minimum absolute atomic E-state index is 0.288. The third-order valence-corrected chi connectivity index (χ3v) is 2.68. The monoisotopic (exact) mass is 250 g/mol. The highest BCUT2D eigenvalue weighted by Gasteiger charge is 2.17. The van der Waals surface area contributed by atoms with Crippen LogP contribution < -0.4 is 10.1 Å². The number of ether oxygens (including phenoxy) is 1. The second-order valence-electron chi connectivity index (χ2n) is 4.83. The van der Waals surface area contributed by atoms with E-state index >= 15 is 0 Å². The molecule has 18 heavy (non-hydrogen) atoms. The Morgan fingerprint density at radius 1 is 1.44 bits per heavy atom. The maximum atomic E-state index is 14.0. The van der Waals surface area contributed by atoms with Gasteiger partial charge in [-0.25, -0.2) is 4.39 Å². The number of hydrogen-bond acceptors (Lipinski definition) is 3. The van der Waals surface area contributed by atoms with Crippen molar-refractivity contribution in [3.63, 3.8) is 0 Å². The molecule has 0 atom stereocenters. The standard InChI is InChI=1S/C14H19FN2O/c1-10(2)9-18-12-6-3-5-11(15)13(12)14-16-7-4-8-17-14/h3,5-6,10H,4,7-9H2,1-2H3,(H,16,17). The van der Waals surface area contributed by atoms with E-state index < -0.39 is 0 Å². The lowest BCUT2D eigenvalue weighted by Gasteiger charge is -2.19. The maximum Gasteiger partial charge on any atom is 0.137 e. The zero-order valence-corrected chi connectivity index (χ0v) is 10.9. The Morgan fingerprint density at radius 3 is 2.94 bits per heavy atom. The van der Waals surface area contributed by atoms with Crippen LogP contribution in [0.25, 0.3) is 0 Å². The van der Waals surface area contributed by atoms with Crippen LogP contribution in [0.15, 0.2) is 23.2 Å². The molecule has 0 fully saturated rings. The van der Waals surface area contributed by atoms with E-state index in [-0.39, 0.29) is 5.82 Å². The van der Waals surface area contributed by atoms with E-state index in [9.17, 15) is 4.39 Å². The molecule has 0 aromatic heterocycles. The first-order valence-corrected chi connectivity index (χ1v) is 6.38. The molecule has 0 spiro atoms. The van der Waals surface area contributed by atoms with Gasteiger partial charge in [-0.05, 0) is 24.5 Å². The summed E-state index contributed by atoms with van der Waals surface area (Å²) < 4.78 is 19.6. The zero-order valence-electron chi connectivity index (χ0n) is 10.9. The summed E-state index contributed by atoms with van der Waals surface area (Å²) in [6.45, 7) is 6.27. The molecule has 0 amide bonds. The molecular weight excluding hydrogens is 231 g/mol. The van der Waals surface area contributed by atoms with Crippen molar-refractivity contribution in [1.82, 2.24) is 5.32 Å². The van der Waals surface area contributed by atoms with Gasteiger partial charge >= 0.3 is 0 Å². The van der Waals surface area contributed by atoms with Crippen molar-refractivity contribution in [3.8, 4) is 5.75 Å². The summed E-state index contributed by atoms with van der Waals surface area (Å²) in [6, 6.07) is 4.90. The van der Waals surface area contributed by atoms with E-state index in [0.717, 1.165) is 19.5 Å². The highest BCUT2D eigenvalue weighted by Crippen LogP contribution is 2.23. The third-order valence-electron chi connectivity index (χ3n) is 2.68. The fraction of sp³-hybridized carbons (Fsp3) is 0.500. The second kappa shape index (κ2) is 5.85. The topological polar surface area (TPSA) is 33.6 Å². The molecule has 1 aliphatic heterocycles. The number of halogens is 1. The van der Waals surface area contributed by atoms with Crippen LogP contribution in [0.1, 0.15) is 25.8 Å². The van der Waals surface area contributed by atoms with E-state index in [4.69, 9.17) is 4.74 Å². The molecule has 1 heterocycles. The molecule has 1 aromatic rings. The number of hydrogen-bond donors (Lipinski definition) is 1. The molecule has 0 radical (unpaired) electrons. The summed E-state index contributed by atoms with van der Waals surface area (Å²) in [5, 5.41) is 3.13. The maximum absolute atomic E-state index is 14.0. The van der Waals surface area contributed by atoms with E-state index in [1.54, 1.807) is 12.1 Å². The van der Waals surface area contributed by atoms with Gasteiger partial charge in [0.2, 0.25) is 0 Å². The van der Waals surface area contributed by atoms with E-state index in [0.29, 0.717) is 29.7 Å². The van der Waals surface area contributed by atoms with Gasteiger partial charge in [-0.3, -0.25) is 4.99 Å².